The highest BCUT2D eigenvalue weighted by Crippen LogP contribution is 2.31. The summed E-state index contributed by atoms with van der Waals surface area (Å²) < 4.78 is 73.8. The Balaban J connectivity index is 0.000000717. The maximum atomic E-state index is 14.5. The molecule has 0 radical (unpaired) electrons. The topological polar surface area (TPSA) is 108 Å². The summed E-state index contributed by atoms with van der Waals surface area (Å²) in [6, 6.07) is 3.04. The summed E-state index contributed by atoms with van der Waals surface area (Å²) in [5, 5.41) is 13.3. The van der Waals surface area contributed by atoms with Gasteiger partial charge in [0.05, 0.1) is 34.6 Å². The van der Waals surface area contributed by atoms with E-state index in [0.29, 0.717) is 12.1 Å². The molecule has 3 N–H and O–H groups in total. The number of urea groups is 1. The zero-order valence-electron chi connectivity index (χ0n) is 19.0. The van der Waals surface area contributed by atoms with Gasteiger partial charge in [0.25, 0.3) is 5.91 Å². The van der Waals surface area contributed by atoms with E-state index in [1.807, 2.05) is 0 Å². The van der Waals surface area contributed by atoms with E-state index in [0.717, 1.165) is 17.9 Å². The van der Waals surface area contributed by atoms with Crippen molar-refractivity contribution in [1.82, 2.24) is 4.90 Å². The van der Waals surface area contributed by atoms with Gasteiger partial charge in [-0.3, -0.25) is 19.4 Å². The van der Waals surface area contributed by atoms with Gasteiger partial charge in [-0.15, -0.1) is 0 Å². The third-order valence-electron chi connectivity index (χ3n) is 5.00. The summed E-state index contributed by atoms with van der Waals surface area (Å²) in [4.78, 5) is 40.9. The summed E-state index contributed by atoms with van der Waals surface area (Å²) in [5.74, 6) is -4.52. The number of aliphatic hydroxyl groups is 1. The number of hydrogen-bond donors (Lipinski definition) is 3. The van der Waals surface area contributed by atoms with Crippen molar-refractivity contribution in [3.8, 4) is 5.75 Å². The molecule has 1 aliphatic rings. The van der Waals surface area contributed by atoms with Crippen molar-refractivity contribution < 1.29 is 50.9 Å². The number of aliphatic hydroxyl groups excluding tert-OH is 1. The highest BCUT2D eigenvalue weighted by molar-refractivity contribution is 6.34. The molecule has 0 saturated carbocycles. The highest BCUT2D eigenvalue weighted by atomic mass is 35.5. The first-order valence-corrected chi connectivity index (χ1v) is 10.9. The molecule has 1 aliphatic heterocycles. The van der Waals surface area contributed by atoms with Crippen molar-refractivity contribution in [2.45, 2.75) is 38.4 Å². The summed E-state index contributed by atoms with van der Waals surface area (Å²) in [5.41, 5.74) is -1.64. The zero-order chi connectivity index (χ0) is 27.9. The Morgan fingerprint density at radius 2 is 1.84 bits per heavy atom. The molecule has 1 atom stereocenters. The lowest BCUT2D eigenvalue weighted by atomic mass is 10.1. The van der Waals surface area contributed by atoms with E-state index in [9.17, 15) is 46.0 Å². The number of para-hydroxylation sites is 1. The normalized spacial score (nSPS) is 15.1. The van der Waals surface area contributed by atoms with Crippen molar-refractivity contribution in [2.24, 2.45) is 0 Å². The predicted octanol–water partition coefficient (Wildman–Crippen LogP) is 5.61. The van der Waals surface area contributed by atoms with E-state index < -0.39 is 77.4 Å². The van der Waals surface area contributed by atoms with Crippen LogP contribution in [0.1, 0.15) is 36.5 Å². The molecular weight excluding hydrogens is 536 g/mol. The van der Waals surface area contributed by atoms with Crippen molar-refractivity contribution in [3.05, 3.63) is 52.6 Å². The maximum Gasteiger partial charge on any atom is 0.388 e. The number of carbonyl (C=O) groups is 3. The standard InChI is InChI=1S/C19H15ClF3N3O5.C3H5F3/c20-11-2-1-3-12(21)17(11)25-18(29)10-6-13(22)14(7-15(10)31-23)24-19(30)26-9(8-27)4-5-16(26)28;1-2-3(4,5)6/h1-3,6-7,9,27H,4-5,8H2,(H,24,30)(H,25,29);2H2,1H3. The minimum absolute atomic E-state index is 0.0255. The molecule has 1 unspecified atom stereocenters. The molecule has 4 amide bonds. The zero-order valence-corrected chi connectivity index (χ0v) is 19.7. The Morgan fingerprint density at radius 3 is 2.38 bits per heavy atom. The monoisotopic (exact) mass is 555 g/mol. The first-order valence-electron chi connectivity index (χ1n) is 10.5. The van der Waals surface area contributed by atoms with Crippen LogP contribution in [0.25, 0.3) is 0 Å². The second-order valence-corrected chi connectivity index (χ2v) is 7.90. The summed E-state index contributed by atoms with van der Waals surface area (Å²) >= 11 is 5.81. The fourth-order valence-corrected chi connectivity index (χ4v) is 3.27. The lowest BCUT2D eigenvalue weighted by molar-refractivity contribution is -0.130. The Kier molecular flexibility index (Phi) is 10.1. The molecule has 15 heteroatoms. The minimum Gasteiger partial charge on any atom is -0.394 e. The Hall–Kier alpha value is -3.52. The van der Waals surface area contributed by atoms with Crippen LogP contribution in [0.3, 0.4) is 0 Å². The number of hydrogen-bond acceptors (Lipinski definition) is 5. The van der Waals surface area contributed by atoms with Gasteiger partial charge in [0.2, 0.25) is 5.91 Å². The summed E-state index contributed by atoms with van der Waals surface area (Å²) in [6.45, 7) is 0.609. The van der Waals surface area contributed by atoms with Crippen LogP contribution < -0.4 is 15.6 Å². The minimum atomic E-state index is -3.96. The third kappa shape index (κ3) is 7.73. The van der Waals surface area contributed by atoms with Gasteiger partial charge < -0.3 is 15.7 Å². The van der Waals surface area contributed by atoms with E-state index in [4.69, 9.17) is 11.6 Å². The number of benzene rings is 2. The van der Waals surface area contributed by atoms with Gasteiger partial charge in [0.1, 0.15) is 11.6 Å². The quantitative estimate of drug-likeness (QED) is 0.416. The van der Waals surface area contributed by atoms with Gasteiger partial charge in [0.15, 0.2) is 5.75 Å². The van der Waals surface area contributed by atoms with Gasteiger partial charge in [-0.05, 0) is 24.6 Å². The number of amides is 4. The van der Waals surface area contributed by atoms with Crippen molar-refractivity contribution in [3.63, 3.8) is 0 Å². The lowest BCUT2D eigenvalue weighted by Gasteiger charge is -2.22. The summed E-state index contributed by atoms with van der Waals surface area (Å²) in [7, 11) is 0. The molecule has 1 heterocycles. The van der Waals surface area contributed by atoms with Gasteiger partial charge in [-0.25, -0.2) is 13.6 Å². The van der Waals surface area contributed by atoms with Crippen molar-refractivity contribution >= 4 is 40.8 Å². The Labute approximate surface area is 211 Å². The van der Waals surface area contributed by atoms with Gasteiger partial charge in [0, 0.05) is 23.4 Å². The number of likely N-dealkylation sites (tertiary alicyclic amines) is 1. The number of nitrogens with zero attached hydrogens (tertiary/aromatic N) is 1. The molecule has 0 aliphatic carbocycles. The average Bonchev–Trinajstić information content (AvgIpc) is 3.22. The van der Waals surface area contributed by atoms with Crippen LogP contribution in [0.2, 0.25) is 5.02 Å². The molecule has 37 heavy (non-hydrogen) atoms. The molecule has 0 spiro atoms. The lowest BCUT2D eigenvalue weighted by Crippen LogP contribution is -2.43. The van der Waals surface area contributed by atoms with Crippen LogP contribution in [0.5, 0.6) is 5.75 Å². The van der Waals surface area contributed by atoms with Crippen molar-refractivity contribution in [2.75, 3.05) is 17.2 Å². The van der Waals surface area contributed by atoms with E-state index >= 15 is 0 Å². The van der Waals surface area contributed by atoms with E-state index in [-0.39, 0.29) is 17.9 Å². The van der Waals surface area contributed by atoms with E-state index in [1.165, 1.54) is 12.1 Å². The Bertz CT molecular complexity index is 1140. The molecular formula is C22H20ClF6N3O5. The van der Waals surface area contributed by atoms with E-state index in [2.05, 4.69) is 15.6 Å². The molecule has 2 aromatic carbocycles. The molecule has 1 saturated heterocycles. The number of alkyl halides is 3. The van der Waals surface area contributed by atoms with E-state index in [1.54, 1.807) is 0 Å². The molecule has 0 bridgehead atoms. The van der Waals surface area contributed by atoms with Crippen LogP contribution in [0, 0.1) is 11.6 Å². The Morgan fingerprint density at radius 1 is 1.19 bits per heavy atom. The maximum absolute atomic E-state index is 14.5. The molecule has 1 fully saturated rings. The van der Waals surface area contributed by atoms with Gasteiger partial charge in [-0.2, -0.15) is 13.2 Å². The molecule has 8 nitrogen and oxygen atoms in total. The van der Waals surface area contributed by atoms with Crippen LogP contribution in [-0.4, -0.2) is 46.7 Å². The smallest absolute Gasteiger partial charge is 0.388 e. The van der Waals surface area contributed by atoms with Gasteiger partial charge >= 0.3 is 12.2 Å². The molecule has 3 rings (SSSR count). The van der Waals surface area contributed by atoms with Crippen LogP contribution >= 0.6 is 11.6 Å². The second-order valence-electron chi connectivity index (χ2n) is 7.49. The van der Waals surface area contributed by atoms with Gasteiger partial charge in [-0.1, -0.05) is 24.6 Å². The number of carbonyl (C=O) groups excluding carboxylic acids is 3. The second kappa shape index (κ2) is 12.6. The largest absolute Gasteiger partial charge is 0.394 e. The SMILES string of the molecule is CCC(F)(F)F.O=C(Nc1c(F)cccc1Cl)c1cc(F)c(NC(=O)N2C(=O)CCC2CO)cc1OF. The van der Waals surface area contributed by atoms with Crippen LogP contribution in [-0.2, 0) is 4.79 Å². The average molecular weight is 556 g/mol. The number of anilines is 2. The number of nitrogens with one attached hydrogen (secondary N) is 2. The van der Waals surface area contributed by atoms with Crippen LogP contribution in [0.4, 0.5) is 42.6 Å². The fraction of sp³-hybridized carbons (Fsp3) is 0.318. The first kappa shape index (κ1) is 29.7. The number of rotatable bonds is 5. The number of halogens is 7. The molecule has 2 aromatic rings. The molecule has 0 aromatic heterocycles. The first-order chi connectivity index (χ1) is 17.3. The predicted molar refractivity (Wildman–Crippen MR) is 120 cm³/mol. The molecule has 202 valence electrons. The highest BCUT2D eigenvalue weighted by Gasteiger charge is 2.36. The van der Waals surface area contributed by atoms with Crippen molar-refractivity contribution in [1.29, 1.82) is 0 Å². The summed E-state index contributed by atoms with van der Waals surface area (Å²) in [6.07, 6.45) is -4.42. The van der Waals surface area contributed by atoms with Crippen LogP contribution in [0.15, 0.2) is 30.3 Å². The fourth-order valence-electron chi connectivity index (χ4n) is 3.06. The number of imide groups is 1. The third-order valence-corrected chi connectivity index (χ3v) is 5.31.